The Labute approximate surface area is 109 Å². The Morgan fingerprint density at radius 3 is 2.67 bits per heavy atom. The summed E-state index contributed by atoms with van der Waals surface area (Å²) in [6, 6.07) is 0. The smallest absolute Gasteiger partial charge is 0.313 e. The lowest BCUT2D eigenvalue weighted by atomic mass is 9.93. The quantitative estimate of drug-likeness (QED) is 0.603. The van der Waals surface area contributed by atoms with Crippen molar-refractivity contribution in [3.63, 3.8) is 0 Å². The fraction of sp³-hybridized carbons (Fsp3) is 0.714. The molecule has 1 rings (SSSR count). The molecule has 0 radical (unpaired) electrons. The molecule has 1 amide bonds. The summed E-state index contributed by atoms with van der Waals surface area (Å²) < 4.78 is 4.70. The predicted molar refractivity (Wildman–Crippen MR) is 70.0 cm³/mol. The van der Waals surface area contributed by atoms with Crippen LogP contribution in [0.3, 0.4) is 0 Å². The van der Waals surface area contributed by atoms with Gasteiger partial charge in [-0.2, -0.15) is 0 Å². The number of allylic oxidation sites excluding steroid dienone is 1. The van der Waals surface area contributed by atoms with E-state index in [2.05, 4.69) is 11.4 Å². The molecule has 0 aromatic carbocycles. The van der Waals surface area contributed by atoms with Crippen molar-refractivity contribution in [3.05, 3.63) is 11.6 Å². The SMILES string of the molecule is COC(=O)C(C)(C)CNC(=O)CC1=CCCCC1. The van der Waals surface area contributed by atoms with Crippen molar-refractivity contribution in [2.45, 2.75) is 46.0 Å². The minimum absolute atomic E-state index is 0.0138. The maximum atomic E-state index is 11.8. The molecule has 0 atom stereocenters. The minimum Gasteiger partial charge on any atom is -0.469 e. The van der Waals surface area contributed by atoms with Crippen LogP contribution in [0.1, 0.15) is 46.0 Å². The minimum atomic E-state index is -0.675. The van der Waals surface area contributed by atoms with E-state index in [1.807, 2.05) is 0 Å². The van der Waals surface area contributed by atoms with E-state index < -0.39 is 5.41 Å². The van der Waals surface area contributed by atoms with Gasteiger partial charge >= 0.3 is 5.97 Å². The third-order valence-corrected chi connectivity index (χ3v) is 3.24. The lowest BCUT2D eigenvalue weighted by Gasteiger charge is -2.22. The molecule has 1 aliphatic carbocycles. The summed E-state index contributed by atoms with van der Waals surface area (Å²) in [6.07, 6.45) is 7.11. The van der Waals surface area contributed by atoms with E-state index in [4.69, 9.17) is 4.74 Å². The van der Waals surface area contributed by atoms with Crippen LogP contribution in [-0.2, 0) is 14.3 Å². The topological polar surface area (TPSA) is 55.4 Å². The average Bonchev–Trinajstić information content (AvgIpc) is 2.36. The molecule has 1 aliphatic rings. The van der Waals surface area contributed by atoms with Gasteiger partial charge in [-0.05, 0) is 39.5 Å². The first-order valence-corrected chi connectivity index (χ1v) is 6.49. The number of methoxy groups -OCH3 is 1. The van der Waals surface area contributed by atoms with Crippen LogP contribution >= 0.6 is 0 Å². The zero-order chi connectivity index (χ0) is 13.6. The third kappa shape index (κ3) is 4.51. The zero-order valence-electron chi connectivity index (χ0n) is 11.5. The van der Waals surface area contributed by atoms with Crippen molar-refractivity contribution >= 4 is 11.9 Å². The number of hydrogen-bond acceptors (Lipinski definition) is 3. The Bertz CT molecular complexity index is 345. The maximum Gasteiger partial charge on any atom is 0.313 e. The molecule has 0 aromatic heterocycles. The molecule has 102 valence electrons. The van der Waals surface area contributed by atoms with Crippen LogP contribution in [0.2, 0.25) is 0 Å². The molecular weight excluding hydrogens is 230 g/mol. The summed E-state index contributed by atoms with van der Waals surface area (Å²) in [6.45, 7) is 3.84. The van der Waals surface area contributed by atoms with Crippen LogP contribution in [0.25, 0.3) is 0 Å². The van der Waals surface area contributed by atoms with Gasteiger partial charge < -0.3 is 10.1 Å². The molecule has 0 aromatic rings. The number of ether oxygens (including phenoxy) is 1. The van der Waals surface area contributed by atoms with Crippen LogP contribution < -0.4 is 5.32 Å². The van der Waals surface area contributed by atoms with Crippen molar-refractivity contribution < 1.29 is 14.3 Å². The van der Waals surface area contributed by atoms with Crippen molar-refractivity contribution in [2.24, 2.45) is 5.41 Å². The van der Waals surface area contributed by atoms with Crippen LogP contribution in [-0.4, -0.2) is 25.5 Å². The highest BCUT2D eigenvalue weighted by Gasteiger charge is 2.29. The van der Waals surface area contributed by atoms with E-state index in [0.29, 0.717) is 13.0 Å². The highest BCUT2D eigenvalue weighted by molar-refractivity contribution is 5.80. The Kier molecular flexibility index (Phi) is 5.38. The van der Waals surface area contributed by atoms with Gasteiger partial charge in [-0.15, -0.1) is 0 Å². The zero-order valence-corrected chi connectivity index (χ0v) is 11.5. The number of amides is 1. The number of carbonyl (C=O) groups excluding carboxylic acids is 2. The summed E-state index contributed by atoms with van der Waals surface area (Å²) in [4.78, 5) is 23.2. The van der Waals surface area contributed by atoms with E-state index in [9.17, 15) is 9.59 Å². The fourth-order valence-corrected chi connectivity index (χ4v) is 2.00. The number of hydrogen-bond donors (Lipinski definition) is 1. The average molecular weight is 253 g/mol. The fourth-order valence-electron chi connectivity index (χ4n) is 2.00. The second kappa shape index (κ2) is 6.57. The first-order chi connectivity index (χ1) is 8.45. The van der Waals surface area contributed by atoms with Gasteiger partial charge in [0.1, 0.15) is 0 Å². The van der Waals surface area contributed by atoms with Gasteiger partial charge in [-0.25, -0.2) is 0 Å². The van der Waals surface area contributed by atoms with Gasteiger partial charge in [-0.3, -0.25) is 9.59 Å². The molecule has 0 spiro atoms. The first kappa shape index (κ1) is 14.7. The second-order valence-corrected chi connectivity index (χ2v) is 5.44. The molecule has 0 unspecified atom stereocenters. The Balaban J connectivity index is 2.36. The van der Waals surface area contributed by atoms with Gasteiger partial charge in [0.15, 0.2) is 0 Å². The molecule has 0 fully saturated rings. The molecular formula is C14H23NO3. The van der Waals surface area contributed by atoms with E-state index in [-0.39, 0.29) is 11.9 Å². The molecule has 0 saturated heterocycles. The number of nitrogens with one attached hydrogen (secondary N) is 1. The van der Waals surface area contributed by atoms with Crippen LogP contribution in [0.5, 0.6) is 0 Å². The number of carbonyl (C=O) groups is 2. The first-order valence-electron chi connectivity index (χ1n) is 6.49. The van der Waals surface area contributed by atoms with Crippen molar-refractivity contribution in [1.82, 2.24) is 5.32 Å². The second-order valence-electron chi connectivity index (χ2n) is 5.44. The summed E-state index contributed by atoms with van der Waals surface area (Å²) in [7, 11) is 1.36. The van der Waals surface area contributed by atoms with Crippen molar-refractivity contribution in [2.75, 3.05) is 13.7 Å². The molecule has 18 heavy (non-hydrogen) atoms. The molecule has 4 heteroatoms. The predicted octanol–water partition coefficient (Wildman–Crippen LogP) is 2.19. The summed E-state index contributed by atoms with van der Waals surface area (Å²) in [5.41, 5.74) is 0.542. The lowest BCUT2D eigenvalue weighted by molar-refractivity contribution is -0.150. The molecule has 4 nitrogen and oxygen atoms in total. The van der Waals surface area contributed by atoms with E-state index in [1.54, 1.807) is 13.8 Å². The Hall–Kier alpha value is -1.32. The van der Waals surface area contributed by atoms with Gasteiger partial charge in [-0.1, -0.05) is 11.6 Å². The van der Waals surface area contributed by atoms with Crippen LogP contribution in [0.4, 0.5) is 0 Å². The number of rotatable bonds is 5. The van der Waals surface area contributed by atoms with Gasteiger partial charge in [0.05, 0.1) is 12.5 Å². The van der Waals surface area contributed by atoms with E-state index in [0.717, 1.165) is 12.8 Å². The highest BCUT2D eigenvalue weighted by Crippen LogP contribution is 2.20. The summed E-state index contributed by atoms with van der Waals surface area (Å²) in [5, 5.41) is 2.80. The summed E-state index contributed by atoms with van der Waals surface area (Å²) >= 11 is 0. The van der Waals surface area contributed by atoms with Gasteiger partial charge in [0.2, 0.25) is 5.91 Å². The van der Waals surface area contributed by atoms with Crippen molar-refractivity contribution in [3.8, 4) is 0 Å². The maximum absolute atomic E-state index is 11.8. The molecule has 0 saturated carbocycles. The van der Waals surface area contributed by atoms with Crippen LogP contribution in [0, 0.1) is 5.41 Å². The largest absolute Gasteiger partial charge is 0.469 e. The van der Waals surface area contributed by atoms with E-state index >= 15 is 0 Å². The molecule has 0 bridgehead atoms. The van der Waals surface area contributed by atoms with Crippen molar-refractivity contribution in [1.29, 1.82) is 0 Å². The normalized spacial score (nSPS) is 15.8. The number of esters is 1. The Morgan fingerprint density at radius 2 is 2.11 bits per heavy atom. The third-order valence-electron chi connectivity index (χ3n) is 3.24. The van der Waals surface area contributed by atoms with E-state index in [1.165, 1.54) is 25.5 Å². The molecule has 1 N–H and O–H groups in total. The highest BCUT2D eigenvalue weighted by atomic mass is 16.5. The van der Waals surface area contributed by atoms with Crippen LogP contribution in [0.15, 0.2) is 11.6 Å². The molecule has 0 aliphatic heterocycles. The summed E-state index contributed by atoms with van der Waals surface area (Å²) in [5.74, 6) is -0.320. The van der Waals surface area contributed by atoms with Gasteiger partial charge in [0, 0.05) is 13.0 Å². The Morgan fingerprint density at radius 1 is 1.39 bits per heavy atom. The standard InChI is InChI=1S/C14H23NO3/c1-14(2,13(17)18-3)10-15-12(16)9-11-7-5-4-6-8-11/h7H,4-6,8-10H2,1-3H3,(H,15,16). The molecule has 0 heterocycles. The lowest BCUT2D eigenvalue weighted by Crippen LogP contribution is -2.39. The van der Waals surface area contributed by atoms with Gasteiger partial charge in [0.25, 0.3) is 0 Å². The monoisotopic (exact) mass is 253 g/mol.